The molecule has 0 unspecified atom stereocenters. The predicted molar refractivity (Wildman–Crippen MR) is 106 cm³/mol. The quantitative estimate of drug-likeness (QED) is 0.497. The van der Waals surface area contributed by atoms with Gasteiger partial charge in [0.05, 0.1) is 32.3 Å². The standard InChI is InChI=1S/C20H19NO7S/c1-4-27-14-7-5-12(9-16(14)25-2)10-17-18(22)21(20(24)29-17)11-13-6-8-15(28-13)19(23)26-3/h5-10H,4,11H2,1-3H3. The minimum Gasteiger partial charge on any atom is -0.493 e. The van der Waals surface area contributed by atoms with Crippen molar-refractivity contribution in [3.8, 4) is 11.5 Å². The van der Waals surface area contributed by atoms with Crippen LogP contribution in [-0.4, -0.2) is 42.8 Å². The Morgan fingerprint density at radius 3 is 2.66 bits per heavy atom. The molecule has 1 aliphatic rings. The van der Waals surface area contributed by atoms with Gasteiger partial charge in [-0.15, -0.1) is 0 Å². The molecule has 1 fully saturated rings. The summed E-state index contributed by atoms with van der Waals surface area (Å²) >= 11 is 0.835. The minimum absolute atomic E-state index is 0.00602. The van der Waals surface area contributed by atoms with Gasteiger partial charge >= 0.3 is 5.97 Å². The first kappa shape index (κ1) is 20.5. The molecule has 2 heterocycles. The maximum absolute atomic E-state index is 12.7. The van der Waals surface area contributed by atoms with Crippen LogP contribution in [0.15, 0.2) is 39.7 Å². The van der Waals surface area contributed by atoms with Crippen LogP contribution >= 0.6 is 11.8 Å². The van der Waals surface area contributed by atoms with Gasteiger partial charge in [0.25, 0.3) is 11.1 Å². The number of ether oxygens (including phenoxy) is 3. The molecular weight excluding hydrogens is 398 g/mol. The Bertz CT molecular complexity index is 979. The van der Waals surface area contributed by atoms with Crippen molar-refractivity contribution >= 4 is 35.0 Å². The molecule has 0 bridgehead atoms. The smallest absolute Gasteiger partial charge is 0.373 e. The predicted octanol–water partition coefficient (Wildman–Crippen LogP) is 3.71. The minimum atomic E-state index is -0.630. The van der Waals surface area contributed by atoms with Crippen molar-refractivity contribution in [3.63, 3.8) is 0 Å². The zero-order valence-corrected chi connectivity index (χ0v) is 16.9. The molecule has 2 aromatic rings. The van der Waals surface area contributed by atoms with Crippen LogP contribution in [0.4, 0.5) is 4.79 Å². The summed E-state index contributed by atoms with van der Waals surface area (Å²) in [7, 11) is 2.77. The molecule has 0 atom stereocenters. The van der Waals surface area contributed by atoms with Gasteiger partial charge in [-0.1, -0.05) is 6.07 Å². The largest absolute Gasteiger partial charge is 0.493 e. The topological polar surface area (TPSA) is 95.3 Å². The third-order valence-electron chi connectivity index (χ3n) is 4.02. The SMILES string of the molecule is CCOc1ccc(C=C2SC(=O)N(Cc3ccc(C(=O)OC)o3)C2=O)cc1OC. The molecule has 0 saturated carbocycles. The van der Waals surface area contributed by atoms with Crippen LogP contribution in [0.3, 0.4) is 0 Å². The van der Waals surface area contributed by atoms with Gasteiger partial charge in [0, 0.05) is 0 Å². The fourth-order valence-electron chi connectivity index (χ4n) is 2.67. The van der Waals surface area contributed by atoms with Crippen LogP contribution in [0.5, 0.6) is 11.5 Å². The van der Waals surface area contributed by atoms with Crippen molar-refractivity contribution in [1.29, 1.82) is 0 Å². The molecule has 29 heavy (non-hydrogen) atoms. The van der Waals surface area contributed by atoms with Crippen molar-refractivity contribution in [2.45, 2.75) is 13.5 Å². The summed E-state index contributed by atoms with van der Waals surface area (Å²) in [6.07, 6.45) is 1.62. The van der Waals surface area contributed by atoms with Crippen LogP contribution in [0.1, 0.15) is 28.8 Å². The van der Waals surface area contributed by atoms with Crippen LogP contribution in [0, 0.1) is 0 Å². The third kappa shape index (κ3) is 4.45. The van der Waals surface area contributed by atoms with Gasteiger partial charge in [-0.25, -0.2) is 4.79 Å². The monoisotopic (exact) mass is 417 g/mol. The molecule has 152 valence electrons. The molecule has 1 aliphatic heterocycles. The second-order valence-electron chi connectivity index (χ2n) is 5.87. The summed E-state index contributed by atoms with van der Waals surface area (Å²) in [5.41, 5.74) is 0.696. The molecule has 1 aromatic carbocycles. The second-order valence-corrected chi connectivity index (χ2v) is 6.86. The van der Waals surface area contributed by atoms with Gasteiger partial charge in [0.1, 0.15) is 5.76 Å². The van der Waals surface area contributed by atoms with Gasteiger partial charge in [-0.05, 0) is 54.6 Å². The molecule has 3 rings (SSSR count). The van der Waals surface area contributed by atoms with E-state index in [1.807, 2.05) is 6.92 Å². The Balaban J connectivity index is 1.78. The molecule has 0 aliphatic carbocycles. The van der Waals surface area contributed by atoms with Crippen molar-refractivity contribution < 1.29 is 33.0 Å². The lowest BCUT2D eigenvalue weighted by molar-refractivity contribution is -0.123. The first-order valence-electron chi connectivity index (χ1n) is 8.70. The number of carbonyl (C=O) groups excluding carboxylic acids is 3. The zero-order valence-electron chi connectivity index (χ0n) is 16.1. The number of hydrogen-bond acceptors (Lipinski definition) is 8. The Morgan fingerprint density at radius 2 is 1.97 bits per heavy atom. The van der Waals surface area contributed by atoms with E-state index in [0.29, 0.717) is 29.4 Å². The number of benzene rings is 1. The van der Waals surface area contributed by atoms with Crippen LogP contribution in [-0.2, 0) is 16.1 Å². The number of carbonyl (C=O) groups is 3. The number of nitrogens with zero attached hydrogens (tertiary/aromatic N) is 1. The number of imide groups is 1. The highest BCUT2D eigenvalue weighted by Crippen LogP contribution is 2.35. The van der Waals surface area contributed by atoms with Crippen molar-refractivity contribution in [3.05, 3.63) is 52.3 Å². The maximum atomic E-state index is 12.7. The Labute approximate surface area is 171 Å². The first-order chi connectivity index (χ1) is 14.0. The van der Waals surface area contributed by atoms with Crippen LogP contribution in [0.2, 0.25) is 0 Å². The Morgan fingerprint density at radius 1 is 1.17 bits per heavy atom. The zero-order chi connectivity index (χ0) is 21.0. The number of rotatable bonds is 7. The summed E-state index contributed by atoms with van der Waals surface area (Å²) in [6.45, 7) is 2.29. The van der Waals surface area contributed by atoms with E-state index in [9.17, 15) is 14.4 Å². The molecule has 0 spiro atoms. The average molecular weight is 417 g/mol. The molecule has 8 nitrogen and oxygen atoms in total. The molecule has 1 aromatic heterocycles. The van der Waals surface area contributed by atoms with E-state index < -0.39 is 17.1 Å². The highest BCUT2D eigenvalue weighted by Gasteiger charge is 2.35. The molecule has 0 radical (unpaired) electrons. The van der Waals surface area contributed by atoms with E-state index in [1.165, 1.54) is 26.4 Å². The van der Waals surface area contributed by atoms with Crippen molar-refractivity contribution in [2.24, 2.45) is 0 Å². The number of esters is 1. The Hall–Kier alpha value is -3.20. The molecule has 0 N–H and O–H groups in total. The van der Waals surface area contributed by atoms with E-state index in [1.54, 1.807) is 24.3 Å². The van der Waals surface area contributed by atoms with E-state index in [2.05, 4.69) is 4.74 Å². The normalized spacial score (nSPS) is 15.1. The summed E-state index contributed by atoms with van der Waals surface area (Å²) in [4.78, 5) is 37.8. The maximum Gasteiger partial charge on any atom is 0.373 e. The van der Waals surface area contributed by atoms with Crippen molar-refractivity contribution in [1.82, 2.24) is 4.90 Å². The number of methoxy groups -OCH3 is 2. The fraction of sp³-hybridized carbons (Fsp3) is 0.250. The van der Waals surface area contributed by atoms with Gasteiger partial charge in [0.15, 0.2) is 11.5 Å². The summed E-state index contributed by atoms with van der Waals surface area (Å²) < 4.78 is 20.7. The van der Waals surface area contributed by atoms with E-state index in [4.69, 9.17) is 13.9 Å². The van der Waals surface area contributed by atoms with Crippen molar-refractivity contribution in [2.75, 3.05) is 20.8 Å². The fourth-order valence-corrected chi connectivity index (χ4v) is 3.50. The highest BCUT2D eigenvalue weighted by molar-refractivity contribution is 8.18. The highest BCUT2D eigenvalue weighted by atomic mass is 32.2. The summed E-state index contributed by atoms with van der Waals surface area (Å²) in [5, 5.41) is -0.421. The van der Waals surface area contributed by atoms with Gasteiger partial charge < -0.3 is 18.6 Å². The number of hydrogen-bond donors (Lipinski definition) is 0. The lowest BCUT2D eigenvalue weighted by Crippen LogP contribution is -2.27. The number of thioether (sulfide) groups is 1. The van der Waals surface area contributed by atoms with Gasteiger partial charge in [0.2, 0.25) is 5.76 Å². The molecule has 2 amide bonds. The summed E-state index contributed by atoms with van der Waals surface area (Å²) in [5.74, 6) is 0.368. The lowest BCUT2D eigenvalue weighted by atomic mass is 10.2. The van der Waals surface area contributed by atoms with Crippen LogP contribution < -0.4 is 9.47 Å². The van der Waals surface area contributed by atoms with E-state index in [-0.39, 0.29) is 17.2 Å². The average Bonchev–Trinajstić information content (AvgIpc) is 3.29. The van der Waals surface area contributed by atoms with E-state index in [0.717, 1.165) is 16.7 Å². The number of furan rings is 1. The molecule has 9 heteroatoms. The molecular formula is C20H19NO7S. The number of amides is 2. The second kappa shape index (κ2) is 8.87. The summed E-state index contributed by atoms with van der Waals surface area (Å²) in [6, 6.07) is 8.21. The van der Waals surface area contributed by atoms with Gasteiger partial charge in [-0.3, -0.25) is 14.5 Å². The Kier molecular flexibility index (Phi) is 6.28. The lowest BCUT2D eigenvalue weighted by Gasteiger charge is -2.10. The third-order valence-corrected chi connectivity index (χ3v) is 4.93. The van der Waals surface area contributed by atoms with E-state index >= 15 is 0 Å². The van der Waals surface area contributed by atoms with Gasteiger partial charge in [-0.2, -0.15) is 0 Å². The molecule has 1 saturated heterocycles. The first-order valence-corrected chi connectivity index (χ1v) is 9.51. The van der Waals surface area contributed by atoms with Crippen LogP contribution in [0.25, 0.3) is 6.08 Å².